The SMILES string of the molecule is COc1cc2c(cc1O)[C@]1(C)CC[C@H](O)C(C)(C)[C@@H]1CC2=O. The maximum atomic E-state index is 12.6. The van der Waals surface area contributed by atoms with Gasteiger partial charge in [0.25, 0.3) is 0 Å². The van der Waals surface area contributed by atoms with Crippen LogP contribution in [0.4, 0.5) is 0 Å². The van der Waals surface area contributed by atoms with Crippen LogP contribution in [0.25, 0.3) is 0 Å². The summed E-state index contributed by atoms with van der Waals surface area (Å²) < 4.78 is 5.14. The third kappa shape index (κ3) is 1.89. The van der Waals surface area contributed by atoms with Gasteiger partial charge in [0, 0.05) is 12.0 Å². The minimum atomic E-state index is -0.397. The van der Waals surface area contributed by atoms with Crippen LogP contribution in [0.2, 0.25) is 0 Å². The molecule has 0 aliphatic heterocycles. The van der Waals surface area contributed by atoms with E-state index in [0.29, 0.717) is 24.2 Å². The zero-order chi connectivity index (χ0) is 16.3. The Bertz CT molecular complexity index is 634. The van der Waals surface area contributed by atoms with Crippen molar-refractivity contribution in [2.75, 3.05) is 7.11 Å². The van der Waals surface area contributed by atoms with Gasteiger partial charge in [-0.15, -0.1) is 0 Å². The first kappa shape index (κ1) is 15.3. The molecule has 4 nitrogen and oxygen atoms in total. The Morgan fingerprint density at radius 2 is 1.95 bits per heavy atom. The lowest BCUT2D eigenvalue weighted by Gasteiger charge is -2.55. The highest BCUT2D eigenvalue weighted by Gasteiger charge is 2.55. The van der Waals surface area contributed by atoms with Crippen LogP contribution in [0.3, 0.4) is 0 Å². The fourth-order valence-corrected chi connectivity index (χ4v) is 4.58. The van der Waals surface area contributed by atoms with Crippen molar-refractivity contribution in [3.8, 4) is 11.5 Å². The van der Waals surface area contributed by atoms with Crippen molar-refractivity contribution in [1.82, 2.24) is 0 Å². The normalized spacial score (nSPS) is 33.0. The lowest BCUT2D eigenvalue weighted by Crippen LogP contribution is -2.54. The molecule has 2 aliphatic rings. The molecule has 3 rings (SSSR count). The molecular formula is C18H24O4. The molecule has 0 aromatic heterocycles. The monoisotopic (exact) mass is 304 g/mol. The summed E-state index contributed by atoms with van der Waals surface area (Å²) in [6.07, 6.45) is 1.56. The number of carbonyl (C=O) groups is 1. The zero-order valence-corrected chi connectivity index (χ0v) is 13.6. The molecule has 3 atom stereocenters. The first-order valence-corrected chi connectivity index (χ1v) is 7.84. The largest absolute Gasteiger partial charge is 0.504 e. The number of carbonyl (C=O) groups excluding carboxylic acids is 1. The van der Waals surface area contributed by atoms with Gasteiger partial charge >= 0.3 is 0 Å². The number of hydrogen-bond acceptors (Lipinski definition) is 4. The molecule has 120 valence electrons. The Hall–Kier alpha value is -1.55. The van der Waals surface area contributed by atoms with Gasteiger partial charge in [-0.3, -0.25) is 4.79 Å². The maximum Gasteiger partial charge on any atom is 0.163 e. The van der Waals surface area contributed by atoms with E-state index >= 15 is 0 Å². The zero-order valence-electron chi connectivity index (χ0n) is 13.6. The minimum Gasteiger partial charge on any atom is -0.504 e. The Labute approximate surface area is 131 Å². The van der Waals surface area contributed by atoms with E-state index in [0.717, 1.165) is 12.0 Å². The van der Waals surface area contributed by atoms with Crippen LogP contribution in [0.1, 0.15) is 56.0 Å². The highest BCUT2D eigenvalue weighted by molar-refractivity contribution is 6.00. The summed E-state index contributed by atoms with van der Waals surface area (Å²) in [6.45, 7) is 6.24. The smallest absolute Gasteiger partial charge is 0.163 e. The number of ketones is 1. The molecular weight excluding hydrogens is 280 g/mol. The second-order valence-corrected chi connectivity index (χ2v) is 7.54. The molecule has 4 heteroatoms. The van der Waals surface area contributed by atoms with E-state index in [4.69, 9.17) is 4.74 Å². The molecule has 0 amide bonds. The number of aliphatic hydroxyl groups is 1. The molecule has 2 aliphatic carbocycles. The number of phenolic OH excluding ortho intramolecular Hbond substituents is 1. The standard InChI is InChI=1S/C18H24O4/c1-17(2)15-9-12(19)10-7-14(22-4)13(20)8-11(10)18(15,3)6-5-16(17)21/h7-8,15-16,20-21H,5-6,9H2,1-4H3/t15-,16-,18-/m0/s1. The molecule has 0 unspecified atom stereocenters. The number of ether oxygens (including phenoxy) is 1. The molecule has 0 radical (unpaired) electrons. The number of Topliss-reactive ketones (excluding diaryl/α,β-unsaturated/α-hetero) is 1. The van der Waals surface area contributed by atoms with Crippen LogP contribution in [-0.2, 0) is 5.41 Å². The number of phenols is 1. The molecule has 1 saturated carbocycles. The summed E-state index contributed by atoms with van der Waals surface area (Å²) in [4.78, 5) is 12.6. The second kappa shape index (κ2) is 4.72. The van der Waals surface area contributed by atoms with Gasteiger partial charge in [0.1, 0.15) is 0 Å². The van der Waals surface area contributed by atoms with Gasteiger partial charge in [0.2, 0.25) is 0 Å². The molecule has 1 fully saturated rings. The number of methoxy groups -OCH3 is 1. The number of hydrogen-bond donors (Lipinski definition) is 2. The molecule has 0 bridgehead atoms. The third-order valence-electron chi connectivity index (χ3n) is 6.09. The van der Waals surface area contributed by atoms with Gasteiger partial charge in [0.15, 0.2) is 17.3 Å². The number of rotatable bonds is 1. The van der Waals surface area contributed by atoms with E-state index in [9.17, 15) is 15.0 Å². The number of fused-ring (bicyclic) bond motifs is 3. The molecule has 0 heterocycles. The van der Waals surface area contributed by atoms with E-state index in [2.05, 4.69) is 6.92 Å². The minimum absolute atomic E-state index is 0.0662. The van der Waals surface area contributed by atoms with Gasteiger partial charge in [0.05, 0.1) is 13.2 Å². The Morgan fingerprint density at radius 3 is 2.59 bits per heavy atom. The fraction of sp³-hybridized carbons (Fsp3) is 0.611. The van der Waals surface area contributed by atoms with Crippen molar-refractivity contribution < 1.29 is 19.7 Å². The maximum absolute atomic E-state index is 12.6. The summed E-state index contributed by atoms with van der Waals surface area (Å²) in [5.74, 6) is 0.540. The summed E-state index contributed by atoms with van der Waals surface area (Å²) in [5.41, 5.74) is 1.01. The Morgan fingerprint density at radius 1 is 1.27 bits per heavy atom. The number of benzene rings is 1. The topological polar surface area (TPSA) is 66.8 Å². The van der Waals surface area contributed by atoms with E-state index < -0.39 is 6.10 Å². The highest BCUT2D eigenvalue weighted by Crippen LogP contribution is 2.57. The van der Waals surface area contributed by atoms with E-state index in [-0.39, 0.29) is 28.3 Å². The average Bonchev–Trinajstić information content (AvgIpc) is 2.46. The molecule has 22 heavy (non-hydrogen) atoms. The van der Waals surface area contributed by atoms with E-state index in [1.165, 1.54) is 7.11 Å². The first-order chi connectivity index (χ1) is 10.2. The van der Waals surface area contributed by atoms with Crippen LogP contribution in [0.5, 0.6) is 11.5 Å². The van der Waals surface area contributed by atoms with Crippen LogP contribution >= 0.6 is 0 Å². The first-order valence-electron chi connectivity index (χ1n) is 7.84. The lowest BCUT2D eigenvalue weighted by atomic mass is 9.49. The van der Waals surface area contributed by atoms with Crippen LogP contribution in [0, 0.1) is 11.3 Å². The predicted octanol–water partition coefficient (Wildman–Crippen LogP) is 3.04. The number of aromatic hydroxyl groups is 1. The van der Waals surface area contributed by atoms with Crippen molar-refractivity contribution in [2.45, 2.75) is 51.6 Å². The quantitative estimate of drug-likeness (QED) is 0.837. The Kier molecular flexibility index (Phi) is 3.29. The van der Waals surface area contributed by atoms with Crippen molar-refractivity contribution in [3.63, 3.8) is 0 Å². The van der Waals surface area contributed by atoms with Gasteiger partial charge in [-0.1, -0.05) is 20.8 Å². The molecule has 1 aromatic rings. The van der Waals surface area contributed by atoms with E-state index in [1.807, 2.05) is 13.8 Å². The van der Waals surface area contributed by atoms with Crippen LogP contribution in [-0.4, -0.2) is 29.2 Å². The molecule has 2 N–H and O–H groups in total. The summed E-state index contributed by atoms with van der Waals surface area (Å²) >= 11 is 0. The van der Waals surface area contributed by atoms with Gasteiger partial charge in [-0.25, -0.2) is 0 Å². The molecule has 0 spiro atoms. The van der Waals surface area contributed by atoms with Gasteiger partial charge < -0.3 is 14.9 Å². The van der Waals surface area contributed by atoms with Gasteiger partial charge in [-0.05, 0) is 47.3 Å². The van der Waals surface area contributed by atoms with Crippen molar-refractivity contribution >= 4 is 5.78 Å². The third-order valence-corrected chi connectivity index (χ3v) is 6.09. The molecule has 0 saturated heterocycles. The highest BCUT2D eigenvalue weighted by atomic mass is 16.5. The average molecular weight is 304 g/mol. The fourth-order valence-electron chi connectivity index (χ4n) is 4.58. The van der Waals surface area contributed by atoms with E-state index in [1.54, 1.807) is 12.1 Å². The second-order valence-electron chi connectivity index (χ2n) is 7.54. The van der Waals surface area contributed by atoms with Crippen LogP contribution < -0.4 is 4.74 Å². The lowest BCUT2D eigenvalue weighted by molar-refractivity contribution is -0.0687. The molecule has 1 aromatic carbocycles. The van der Waals surface area contributed by atoms with Crippen molar-refractivity contribution in [1.29, 1.82) is 0 Å². The summed E-state index contributed by atoms with van der Waals surface area (Å²) in [5, 5.41) is 20.5. The van der Waals surface area contributed by atoms with Crippen molar-refractivity contribution in [2.24, 2.45) is 11.3 Å². The van der Waals surface area contributed by atoms with Crippen LogP contribution in [0.15, 0.2) is 12.1 Å². The predicted molar refractivity (Wildman–Crippen MR) is 83.5 cm³/mol. The summed E-state index contributed by atoms with van der Waals surface area (Å²) in [6, 6.07) is 3.35. The number of aliphatic hydroxyl groups excluding tert-OH is 1. The Balaban J connectivity index is 2.20. The van der Waals surface area contributed by atoms with Gasteiger partial charge in [-0.2, -0.15) is 0 Å². The summed E-state index contributed by atoms with van der Waals surface area (Å²) in [7, 11) is 1.49. The van der Waals surface area contributed by atoms with Crippen molar-refractivity contribution in [3.05, 3.63) is 23.3 Å².